The summed E-state index contributed by atoms with van der Waals surface area (Å²) in [4.78, 5) is 12.2. The van der Waals surface area contributed by atoms with Crippen LogP contribution in [0, 0.1) is 13.8 Å². The summed E-state index contributed by atoms with van der Waals surface area (Å²) in [5.74, 6) is 0.369. The van der Waals surface area contributed by atoms with E-state index in [1.807, 2.05) is 74.5 Å². The van der Waals surface area contributed by atoms with Gasteiger partial charge in [-0.3, -0.25) is 0 Å². The molecule has 0 saturated heterocycles. The number of amides is 2. The van der Waals surface area contributed by atoms with Crippen LogP contribution in [-0.2, 0) is 0 Å². The Morgan fingerprint density at radius 3 is 2.14 bits per heavy atom. The molecule has 0 atom stereocenters. The Labute approximate surface area is 162 Å². The fourth-order valence-electron chi connectivity index (χ4n) is 3.10. The number of hydrogen-bond acceptors (Lipinski definition) is 4. The molecule has 6 nitrogen and oxygen atoms in total. The first-order valence-corrected chi connectivity index (χ1v) is 8.91. The quantitative estimate of drug-likeness (QED) is 0.453. The largest absolute Gasteiger partial charge is 0.380 e. The average molecular weight is 372 g/mol. The summed E-state index contributed by atoms with van der Waals surface area (Å²) < 4.78 is 5.34. The first kappa shape index (κ1) is 17.6. The predicted octanol–water partition coefficient (Wildman–Crippen LogP) is 5.34. The highest BCUT2D eigenvalue weighted by molar-refractivity contribution is 6.02. The van der Waals surface area contributed by atoms with Crippen LogP contribution in [-0.4, -0.2) is 11.2 Å². The number of aromatic nitrogens is 1. The molecule has 140 valence electrons. The predicted molar refractivity (Wildman–Crippen MR) is 112 cm³/mol. The summed E-state index contributed by atoms with van der Waals surface area (Å²) in [5, 5.41) is 10.3. The number of nitrogens with two attached hydrogens (primary N) is 1. The lowest BCUT2D eigenvalue weighted by atomic mass is 9.99. The number of hydrogen-bond donors (Lipinski definition) is 3. The molecule has 6 heteroatoms. The zero-order chi connectivity index (χ0) is 19.7. The molecule has 4 aromatic rings. The van der Waals surface area contributed by atoms with Gasteiger partial charge in [0.25, 0.3) is 0 Å². The van der Waals surface area contributed by atoms with Crippen molar-refractivity contribution in [2.45, 2.75) is 13.8 Å². The van der Waals surface area contributed by atoms with Crippen LogP contribution in [0.5, 0.6) is 0 Å². The van der Waals surface area contributed by atoms with Gasteiger partial charge in [0.2, 0.25) is 0 Å². The van der Waals surface area contributed by atoms with Crippen molar-refractivity contribution in [3.63, 3.8) is 0 Å². The van der Waals surface area contributed by atoms with Crippen LogP contribution in [0.2, 0.25) is 0 Å². The molecule has 2 amide bonds. The van der Waals surface area contributed by atoms with E-state index in [-0.39, 0.29) is 6.03 Å². The number of fused-ring (bicyclic) bond motifs is 1. The smallest absolute Gasteiger partial charge is 0.323 e. The Hall–Kier alpha value is -3.80. The van der Waals surface area contributed by atoms with Crippen LogP contribution in [0.3, 0.4) is 0 Å². The van der Waals surface area contributed by atoms with Gasteiger partial charge in [-0.1, -0.05) is 47.1 Å². The van der Waals surface area contributed by atoms with Crippen molar-refractivity contribution in [3.05, 3.63) is 71.8 Å². The Morgan fingerprint density at radius 1 is 0.893 bits per heavy atom. The number of carbonyl (C=O) groups excluding carboxylic acids is 1. The van der Waals surface area contributed by atoms with Gasteiger partial charge in [0.05, 0.1) is 5.39 Å². The molecule has 4 rings (SSSR count). The second kappa shape index (κ2) is 7.08. The topological polar surface area (TPSA) is 93.2 Å². The van der Waals surface area contributed by atoms with Crippen LogP contribution >= 0.6 is 0 Å². The number of carbonyl (C=O) groups is 1. The molecule has 0 unspecified atom stereocenters. The highest BCUT2D eigenvalue weighted by atomic mass is 16.5. The number of urea groups is 1. The van der Waals surface area contributed by atoms with Crippen molar-refractivity contribution in [1.29, 1.82) is 0 Å². The fourth-order valence-corrected chi connectivity index (χ4v) is 3.10. The van der Waals surface area contributed by atoms with Gasteiger partial charge < -0.3 is 20.9 Å². The molecular weight excluding hydrogens is 352 g/mol. The molecule has 0 aliphatic rings. The van der Waals surface area contributed by atoms with E-state index in [0.717, 1.165) is 33.3 Å². The third-order valence-electron chi connectivity index (χ3n) is 4.61. The second-order valence-electron chi connectivity index (χ2n) is 6.72. The van der Waals surface area contributed by atoms with E-state index in [4.69, 9.17) is 10.3 Å². The summed E-state index contributed by atoms with van der Waals surface area (Å²) in [5.41, 5.74) is 12.1. The lowest BCUT2D eigenvalue weighted by molar-refractivity contribution is 0.262. The van der Waals surface area contributed by atoms with Crippen molar-refractivity contribution in [3.8, 4) is 11.1 Å². The SMILES string of the molecule is Cc1ccc(NC(=O)Nc2ccc(-c3ccc(C)c4onc(N)c34)cc2)cc1. The molecule has 3 aromatic carbocycles. The minimum absolute atomic E-state index is 0.294. The monoisotopic (exact) mass is 372 g/mol. The third-order valence-corrected chi connectivity index (χ3v) is 4.61. The van der Waals surface area contributed by atoms with Crippen molar-refractivity contribution >= 4 is 34.2 Å². The Kier molecular flexibility index (Phi) is 4.45. The summed E-state index contributed by atoms with van der Waals surface area (Å²) in [6, 6.07) is 18.9. The molecular formula is C22H20N4O2. The van der Waals surface area contributed by atoms with E-state index in [1.165, 1.54) is 0 Å². The summed E-state index contributed by atoms with van der Waals surface area (Å²) in [7, 11) is 0. The van der Waals surface area contributed by atoms with Crippen LogP contribution in [0.15, 0.2) is 65.2 Å². The second-order valence-corrected chi connectivity index (χ2v) is 6.72. The van der Waals surface area contributed by atoms with Crippen molar-refractivity contribution in [1.82, 2.24) is 5.16 Å². The molecule has 0 radical (unpaired) electrons. The lowest BCUT2D eigenvalue weighted by Crippen LogP contribution is -2.19. The first-order valence-electron chi connectivity index (χ1n) is 8.91. The number of nitrogen functional groups attached to an aromatic ring is 1. The zero-order valence-electron chi connectivity index (χ0n) is 15.6. The Bertz CT molecular complexity index is 1150. The number of nitrogens with zero attached hydrogens (tertiary/aromatic N) is 1. The molecule has 0 aliphatic carbocycles. The minimum Gasteiger partial charge on any atom is -0.380 e. The highest BCUT2D eigenvalue weighted by Gasteiger charge is 2.14. The van der Waals surface area contributed by atoms with Crippen LogP contribution in [0.1, 0.15) is 11.1 Å². The normalized spacial score (nSPS) is 10.8. The van der Waals surface area contributed by atoms with E-state index in [1.54, 1.807) is 0 Å². The molecule has 0 bridgehead atoms. The Morgan fingerprint density at radius 2 is 1.50 bits per heavy atom. The highest BCUT2D eigenvalue weighted by Crippen LogP contribution is 2.34. The van der Waals surface area contributed by atoms with Gasteiger partial charge in [0.15, 0.2) is 11.4 Å². The van der Waals surface area contributed by atoms with Crippen LogP contribution < -0.4 is 16.4 Å². The maximum Gasteiger partial charge on any atom is 0.323 e. The molecule has 28 heavy (non-hydrogen) atoms. The number of rotatable bonds is 3. The van der Waals surface area contributed by atoms with Crippen molar-refractivity contribution < 1.29 is 9.32 Å². The fraction of sp³-hybridized carbons (Fsp3) is 0.0909. The average Bonchev–Trinajstić information content (AvgIpc) is 3.08. The summed E-state index contributed by atoms with van der Waals surface area (Å²) >= 11 is 0. The van der Waals surface area contributed by atoms with E-state index >= 15 is 0 Å². The van der Waals surface area contributed by atoms with Gasteiger partial charge in [-0.05, 0) is 54.8 Å². The van der Waals surface area contributed by atoms with Crippen molar-refractivity contribution in [2.75, 3.05) is 16.4 Å². The van der Waals surface area contributed by atoms with Crippen LogP contribution in [0.25, 0.3) is 22.1 Å². The number of nitrogens with one attached hydrogen (secondary N) is 2. The zero-order valence-corrected chi connectivity index (χ0v) is 15.6. The third kappa shape index (κ3) is 3.40. The van der Waals surface area contributed by atoms with Gasteiger partial charge in [-0.15, -0.1) is 0 Å². The van der Waals surface area contributed by atoms with E-state index < -0.39 is 0 Å². The van der Waals surface area contributed by atoms with Gasteiger partial charge in [-0.2, -0.15) is 0 Å². The maximum absolute atomic E-state index is 12.2. The van der Waals surface area contributed by atoms with Gasteiger partial charge in [-0.25, -0.2) is 4.79 Å². The molecule has 0 spiro atoms. The summed E-state index contributed by atoms with van der Waals surface area (Å²) in [6.45, 7) is 3.96. The van der Waals surface area contributed by atoms with E-state index in [9.17, 15) is 4.79 Å². The standard InChI is InChI=1S/C22H20N4O2/c1-13-3-8-16(9-4-13)24-22(27)25-17-10-6-15(7-11-17)18-12-5-14(2)20-19(18)21(23)26-28-20/h3-12H,1-2H3,(H2,23,26)(H2,24,25,27). The maximum atomic E-state index is 12.2. The van der Waals surface area contributed by atoms with Gasteiger partial charge >= 0.3 is 6.03 Å². The number of anilines is 3. The number of benzene rings is 3. The molecule has 0 saturated carbocycles. The van der Waals surface area contributed by atoms with Crippen LogP contribution in [0.4, 0.5) is 22.0 Å². The Balaban J connectivity index is 1.53. The molecule has 4 N–H and O–H groups in total. The van der Waals surface area contributed by atoms with E-state index in [0.29, 0.717) is 17.1 Å². The van der Waals surface area contributed by atoms with Gasteiger partial charge in [0, 0.05) is 11.4 Å². The first-order chi connectivity index (χ1) is 13.5. The molecule has 1 heterocycles. The minimum atomic E-state index is -0.294. The lowest BCUT2D eigenvalue weighted by Gasteiger charge is -2.09. The molecule has 0 fully saturated rings. The van der Waals surface area contributed by atoms with E-state index in [2.05, 4.69) is 15.8 Å². The van der Waals surface area contributed by atoms with Gasteiger partial charge in [0.1, 0.15) is 0 Å². The summed E-state index contributed by atoms with van der Waals surface area (Å²) in [6.07, 6.45) is 0. The molecule has 1 aromatic heterocycles. The van der Waals surface area contributed by atoms with Crippen molar-refractivity contribution in [2.24, 2.45) is 0 Å². The number of aryl methyl sites for hydroxylation is 2. The molecule has 0 aliphatic heterocycles.